The summed E-state index contributed by atoms with van der Waals surface area (Å²) in [4.78, 5) is 18.9. The molecule has 29 heavy (non-hydrogen) atoms. The van der Waals surface area contributed by atoms with Crippen molar-refractivity contribution in [3.05, 3.63) is 51.7 Å². The smallest absolute Gasteiger partial charge is 0.258 e. The first kappa shape index (κ1) is 21.0. The van der Waals surface area contributed by atoms with Gasteiger partial charge in [-0.3, -0.25) is 4.79 Å². The lowest BCUT2D eigenvalue weighted by Gasteiger charge is -2.19. The highest BCUT2D eigenvalue weighted by Gasteiger charge is 2.32. The van der Waals surface area contributed by atoms with E-state index in [0.717, 1.165) is 11.8 Å². The van der Waals surface area contributed by atoms with Crippen LogP contribution in [0.25, 0.3) is 0 Å². The van der Waals surface area contributed by atoms with Crippen LogP contribution in [0.2, 0.25) is 0 Å². The number of aliphatic hydroxyl groups is 1. The minimum atomic E-state index is -0.765. The number of benzene rings is 1. The highest BCUT2D eigenvalue weighted by Crippen LogP contribution is 2.27. The number of nitrogens with zero attached hydrogens (tertiary/aromatic N) is 2. The number of aliphatic imine (C=N–C) groups is 1. The molecule has 3 rings (SSSR count). The normalized spacial score (nSPS) is 20.6. The van der Waals surface area contributed by atoms with Gasteiger partial charge in [0.15, 0.2) is 0 Å². The quantitative estimate of drug-likeness (QED) is 0.697. The Labute approximate surface area is 173 Å². The summed E-state index contributed by atoms with van der Waals surface area (Å²) in [6.45, 7) is 5.32. The van der Waals surface area contributed by atoms with Crippen molar-refractivity contribution in [2.75, 3.05) is 19.7 Å². The summed E-state index contributed by atoms with van der Waals surface area (Å²) in [5.74, 6) is -0.393. The number of allylic oxidation sites excluding steroid dienone is 2. The number of amides is 1. The van der Waals surface area contributed by atoms with E-state index in [1.54, 1.807) is 6.92 Å². The Morgan fingerprint density at radius 2 is 2.17 bits per heavy atom. The lowest BCUT2D eigenvalue weighted by Crippen LogP contribution is -2.29. The zero-order valence-corrected chi connectivity index (χ0v) is 17.1. The van der Waals surface area contributed by atoms with E-state index in [1.807, 2.05) is 6.92 Å². The van der Waals surface area contributed by atoms with Crippen molar-refractivity contribution in [1.82, 2.24) is 10.2 Å². The molecule has 1 fully saturated rings. The lowest BCUT2D eigenvalue weighted by atomic mass is 10.1. The van der Waals surface area contributed by atoms with Gasteiger partial charge in [-0.15, -0.1) is 0 Å². The van der Waals surface area contributed by atoms with Crippen LogP contribution in [-0.4, -0.2) is 53.1 Å². The maximum atomic E-state index is 13.6. The topological polar surface area (TPSA) is 98.0 Å². The number of rotatable bonds is 4. The van der Waals surface area contributed by atoms with Crippen molar-refractivity contribution in [2.45, 2.75) is 26.9 Å². The molecule has 1 saturated heterocycles. The van der Waals surface area contributed by atoms with Gasteiger partial charge in [0, 0.05) is 17.3 Å². The van der Waals surface area contributed by atoms with Crippen LogP contribution >= 0.6 is 11.6 Å². The molecule has 1 unspecified atom stereocenters. The van der Waals surface area contributed by atoms with Crippen LogP contribution in [0.15, 0.2) is 45.3 Å². The van der Waals surface area contributed by atoms with Crippen LogP contribution in [0.3, 0.4) is 0 Å². The molecule has 1 atom stereocenters. The van der Waals surface area contributed by atoms with Crippen LogP contribution in [0.5, 0.6) is 5.75 Å². The van der Waals surface area contributed by atoms with Gasteiger partial charge in [0.05, 0.1) is 41.2 Å². The average Bonchev–Trinajstić information content (AvgIpc) is 3.05. The fourth-order valence-corrected chi connectivity index (χ4v) is 3.14. The van der Waals surface area contributed by atoms with E-state index in [-0.39, 0.29) is 36.7 Å². The van der Waals surface area contributed by atoms with Crippen molar-refractivity contribution >= 4 is 28.9 Å². The molecule has 2 heterocycles. The number of nitrogens with one attached hydrogen (secondary N) is 2. The van der Waals surface area contributed by atoms with Crippen molar-refractivity contribution in [1.29, 1.82) is 5.41 Å². The fourth-order valence-electron chi connectivity index (χ4n) is 3.05. The number of hydrogen-bond donors (Lipinski definition) is 3. The van der Waals surface area contributed by atoms with Crippen molar-refractivity contribution in [2.24, 2.45) is 4.99 Å². The summed E-state index contributed by atoms with van der Waals surface area (Å²) in [5, 5.41) is 21.3. The Kier molecular flexibility index (Phi) is 6.04. The molecule has 154 valence electrons. The summed E-state index contributed by atoms with van der Waals surface area (Å²) < 4.78 is 19.0. The second-order valence-corrected chi connectivity index (χ2v) is 7.41. The van der Waals surface area contributed by atoms with Gasteiger partial charge in [0.25, 0.3) is 5.91 Å². The number of likely N-dealkylation sites (tertiary alicyclic amines) is 1. The molecule has 0 radical (unpaired) electrons. The predicted molar refractivity (Wildman–Crippen MR) is 109 cm³/mol. The molecule has 0 spiro atoms. The minimum absolute atomic E-state index is 0.0544. The van der Waals surface area contributed by atoms with Crippen LogP contribution in [-0.2, 0) is 0 Å². The minimum Gasteiger partial charge on any atom is -0.490 e. The molecule has 0 aromatic heterocycles. The molecule has 1 aromatic rings. The Bertz CT molecular complexity index is 968. The van der Waals surface area contributed by atoms with E-state index in [2.05, 4.69) is 10.3 Å². The molecule has 2 aliphatic rings. The van der Waals surface area contributed by atoms with E-state index in [1.165, 1.54) is 24.0 Å². The molecular formula is C20H22ClFN4O3. The first-order valence-corrected chi connectivity index (χ1v) is 9.45. The second-order valence-electron chi connectivity index (χ2n) is 7.03. The van der Waals surface area contributed by atoms with E-state index >= 15 is 0 Å². The zero-order chi connectivity index (χ0) is 21.3. The molecule has 0 saturated carbocycles. The highest BCUT2D eigenvalue weighted by atomic mass is 35.5. The molecule has 1 amide bonds. The van der Waals surface area contributed by atoms with Gasteiger partial charge in [-0.05, 0) is 32.9 Å². The third-order valence-electron chi connectivity index (χ3n) is 4.52. The number of carbonyl (C=O) groups is 1. The molecule has 0 bridgehead atoms. The fraction of sp³-hybridized carbons (Fsp3) is 0.350. The van der Waals surface area contributed by atoms with E-state index < -0.39 is 17.8 Å². The highest BCUT2D eigenvalue weighted by molar-refractivity contribution is 6.43. The molecule has 1 aromatic carbocycles. The number of aliphatic hydroxyl groups excluding tert-OH is 1. The van der Waals surface area contributed by atoms with E-state index in [4.69, 9.17) is 21.7 Å². The third kappa shape index (κ3) is 4.49. The number of carbonyl (C=O) groups excluding carboxylic acids is 1. The van der Waals surface area contributed by atoms with Crippen LogP contribution in [0, 0.1) is 11.2 Å². The molecule has 3 N–H and O–H groups in total. The second kappa shape index (κ2) is 8.34. The van der Waals surface area contributed by atoms with Crippen molar-refractivity contribution in [3.63, 3.8) is 0 Å². The van der Waals surface area contributed by atoms with E-state index in [9.17, 15) is 14.3 Å². The van der Waals surface area contributed by atoms with Crippen molar-refractivity contribution in [3.8, 4) is 5.75 Å². The van der Waals surface area contributed by atoms with Crippen LogP contribution in [0.1, 0.15) is 31.1 Å². The Balaban J connectivity index is 1.86. The standard InChI is InChI=1S/C20H22ClFN4O3/c1-10(27)9-29-17-6-13(22)4-5-14(17)20(28)26-7-15(16(23)8-26)19-24-11(2)18(21)12(3)25-19/h4-6,10,23-24,27H,7-9H2,1-3H3/b19-15+,23-16?. The largest absolute Gasteiger partial charge is 0.490 e. The summed E-state index contributed by atoms with van der Waals surface area (Å²) in [7, 11) is 0. The summed E-state index contributed by atoms with van der Waals surface area (Å²) >= 11 is 6.15. The van der Waals surface area contributed by atoms with Gasteiger partial charge in [-0.25, -0.2) is 9.38 Å². The van der Waals surface area contributed by atoms with Crippen LogP contribution in [0.4, 0.5) is 4.39 Å². The molecule has 2 aliphatic heterocycles. The molecule has 0 aliphatic carbocycles. The van der Waals surface area contributed by atoms with Gasteiger partial charge in [-0.2, -0.15) is 0 Å². The van der Waals surface area contributed by atoms with Gasteiger partial charge in [-0.1, -0.05) is 11.6 Å². The molecule has 7 nitrogen and oxygen atoms in total. The lowest BCUT2D eigenvalue weighted by molar-refractivity contribution is 0.0791. The number of ether oxygens (including phenoxy) is 1. The molecular weight excluding hydrogens is 399 g/mol. The zero-order valence-electron chi connectivity index (χ0n) is 16.3. The van der Waals surface area contributed by atoms with Crippen LogP contribution < -0.4 is 10.1 Å². The van der Waals surface area contributed by atoms with Gasteiger partial charge < -0.3 is 25.5 Å². The summed E-state index contributed by atoms with van der Waals surface area (Å²) in [5.41, 5.74) is 2.38. The number of hydrogen-bond acceptors (Lipinski definition) is 6. The maximum absolute atomic E-state index is 13.6. The Morgan fingerprint density at radius 1 is 1.45 bits per heavy atom. The van der Waals surface area contributed by atoms with Gasteiger partial charge >= 0.3 is 0 Å². The van der Waals surface area contributed by atoms with E-state index in [0.29, 0.717) is 22.1 Å². The third-order valence-corrected chi connectivity index (χ3v) is 5.08. The van der Waals surface area contributed by atoms with Gasteiger partial charge in [0.1, 0.15) is 24.0 Å². The first-order chi connectivity index (χ1) is 13.7. The monoisotopic (exact) mass is 420 g/mol. The number of halogens is 2. The van der Waals surface area contributed by atoms with Gasteiger partial charge in [0.2, 0.25) is 0 Å². The SMILES string of the molecule is CC1=N/C(=C2\CN(C(=O)c3ccc(F)cc3OCC(C)O)CC2=N)NC(C)=C1Cl. The predicted octanol–water partition coefficient (Wildman–Crippen LogP) is 2.81. The maximum Gasteiger partial charge on any atom is 0.258 e. The van der Waals surface area contributed by atoms with Crippen molar-refractivity contribution < 1.29 is 19.0 Å². The Morgan fingerprint density at radius 3 is 2.83 bits per heavy atom. The average molecular weight is 421 g/mol. The first-order valence-electron chi connectivity index (χ1n) is 9.07. The Hall–Kier alpha value is -2.71. The molecule has 9 heteroatoms. The summed E-state index contributed by atoms with van der Waals surface area (Å²) in [6, 6.07) is 3.64. The summed E-state index contributed by atoms with van der Waals surface area (Å²) in [6.07, 6.45) is -0.765.